The number of pyridine rings is 1. The van der Waals surface area contributed by atoms with Crippen LogP contribution in [0.15, 0.2) is 48.8 Å². The lowest BCUT2D eigenvalue weighted by molar-refractivity contribution is -0.166. The van der Waals surface area contributed by atoms with Crippen LogP contribution in [0, 0.1) is 23.2 Å². The smallest absolute Gasteiger partial charge is 0.329 e. The van der Waals surface area contributed by atoms with Crippen molar-refractivity contribution in [3.05, 3.63) is 54.4 Å². The van der Waals surface area contributed by atoms with E-state index in [4.69, 9.17) is 9.47 Å². The maximum atomic E-state index is 13.8. The predicted molar refractivity (Wildman–Crippen MR) is 173 cm³/mol. The molecule has 2 bridgehead atoms. The van der Waals surface area contributed by atoms with Gasteiger partial charge in [0.05, 0.1) is 12.5 Å². The van der Waals surface area contributed by atoms with E-state index in [1.54, 1.807) is 25.4 Å². The number of nitrogens with zero attached hydrogens (tertiary/aromatic N) is 2. The van der Waals surface area contributed by atoms with Gasteiger partial charge in [-0.3, -0.25) is 24.2 Å². The Kier molecular flexibility index (Phi) is 12.5. The molecule has 1 aliphatic carbocycles. The first kappa shape index (κ1) is 35.2. The Morgan fingerprint density at radius 3 is 2.63 bits per heavy atom. The molecule has 0 radical (unpaired) electrons. The van der Waals surface area contributed by atoms with E-state index < -0.39 is 41.1 Å². The molecule has 0 aromatic carbocycles. The van der Waals surface area contributed by atoms with Gasteiger partial charge in [0.25, 0.3) is 5.91 Å². The Morgan fingerprint density at radius 2 is 1.89 bits per heavy atom. The second-order valence-electron chi connectivity index (χ2n) is 13.8. The number of rotatable bonds is 5. The first-order valence-corrected chi connectivity index (χ1v) is 16.9. The van der Waals surface area contributed by atoms with E-state index in [1.807, 2.05) is 32.1 Å². The molecule has 9 nitrogen and oxygen atoms in total. The number of Topliss-reactive ketones (excluding diaryl/α,β-unsaturated/α-hetero) is 2. The van der Waals surface area contributed by atoms with Crippen LogP contribution < -0.4 is 0 Å². The van der Waals surface area contributed by atoms with E-state index in [0.29, 0.717) is 70.8 Å². The second kappa shape index (κ2) is 16.3. The highest BCUT2D eigenvalue weighted by atomic mass is 16.5. The zero-order valence-corrected chi connectivity index (χ0v) is 27.7. The molecule has 9 heteroatoms. The average Bonchev–Trinajstić information content (AvgIpc) is 3.47. The molecule has 1 amide bonds. The van der Waals surface area contributed by atoms with Crippen LogP contribution in [0.25, 0.3) is 0 Å². The van der Waals surface area contributed by atoms with E-state index in [9.17, 15) is 24.0 Å². The summed E-state index contributed by atoms with van der Waals surface area (Å²) in [6, 6.07) is 2.99. The van der Waals surface area contributed by atoms with Crippen molar-refractivity contribution in [3.8, 4) is 0 Å². The number of hydrogen-bond donors (Lipinski definition) is 0. The van der Waals surface area contributed by atoms with Crippen molar-refractivity contribution in [1.29, 1.82) is 0 Å². The van der Waals surface area contributed by atoms with Crippen LogP contribution in [0.1, 0.15) is 97.0 Å². The van der Waals surface area contributed by atoms with Crippen molar-refractivity contribution in [2.45, 2.75) is 110 Å². The Morgan fingerprint density at radius 1 is 1.09 bits per heavy atom. The Balaban J connectivity index is 1.61. The molecule has 1 saturated heterocycles. The average molecular weight is 635 g/mol. The fourth-order valence-electron chi connectivity index (χ4n) is 7.07. The zero-order chi connectivity index (χ0) is 33.3. The van der Waals surface area contributed by atoms with Gasteiger partial charge < -0.3 is 14.4 Å². The lowest BCUT2D eigenvalue weighted by Gasteiger charge is -2.36. The summed E-state index contributed by atoms with van der Waals surface area (Å²) in [7, 11) is 0. The summed E-state index contributed by atoms with van der Waals surface area (Å²) in [5, 5.41) is 0. The summed E-state index contributed by atoms with van der Waals surface area (Å²) in [5.41, 5.74) is 0.964. The Labute approximate surface area is 273 Å². The fraction of sp³-hybridized carbons (Fsp3) is 0.622. The van der Waals surface area contributed by atoms with Gasteiger partial charge in [-0.15, -0.1) is 6.58 Å². The van der Waals surface area contributed by atoms with Crippen LogP contribution >= 0.6 is 0 Å². The number of aryl methyl sites for hydroxylation is 1. The fourth-order valence-corrected chi connectivity index (χ4v) is 7.07. The third kappa shape index (κ3) is 9.01. The standard InChI is InChI=1S/C37H50N2O7/c1-5-9-28-22-25(2)17-21-45-35(43)29-16-18-37(4,23-29)33(41)34(42)39-20-7-6-11-30(39)36(44)46-32(26(3)12-14-31(28)40)15-13-27-10-8-19-38-24-27/h5,8,10,19,22,24,26,28-30,32H,1,6-7,9,11-18,20-21,23H2,2-4H3/b25-22+/t26-,28?,29-,30+,32?,37+/m1/s1. The first-order valence-electron chi connectivity index (χ1n) is 16.9. The van der Waals surface area contributed by atoms with Gasteiger partial charge in [0.2, 0.25) is 5.78 Å². The molecule has 3 heterocycles. The number of aromatic nitrogens is 1. The predicted octanol–water partition coefficient (Wildman–Crippen LogP) is 5.75. The van der Waals surface area contributed by atoms with Crippen LogP contribution in [0.2, 0.25) is 0 Å². The molecular weight excluding hydrogens is 584 g/mol. The lowest BCUT2D eigenvalue weighted by atomic mass is 9.82. The van der Waals surface area contributed by atoms with E-state index in [-0.39, 0.29) is 36.6 Å². The summed E-state index contributed by atoms with van der Waals surface area (Å²) >= 11 is 0. The van der Waals surface area contributed by atoms with Crippen molar-refractivity contribution in [2.24, 2.45) is 23.2 Å². The number of ketones is 2. The van der Waals surface area contributed by atoms with Crippen molar-refractivity contribution >= 4 is 29.4 Å². The van der Waals surface area contributed by atoms with Crippen LogP contribution in [0.5, 0.6) is 0 Å². The van der Waals surface area contributed by atoms with Gasteiger partial charge in [0.1, 0.15) is 17.9 Å². The minimum Gasteiger partial charge on any atom is -0.465 e. The molecule has 1 aromatic heterocycles. The highest BCUT2D eigenvalue weighted by Gasteiger charge is 2.49. The van der Waals surface area contributed by atoms with Crippen LogP contribution in [0.3, 0.4) is 0 Å². The molecule has 46 heavy (non-hydrogen) atoms. The third-order valence-corrected chi connectivity index (χ3v) is 10.1. The highest BCUT2D eigenvalue weighted by molar-refractivity contribution is 6.38. The maximum Gasteiger partial charge on any atom is 0.329 e. The summed E-state index contributed by atoms with van der Waals surface area (Å²) in [6.07, 6.45) is 12.6. The number of hydrogen-bond acceptors (Lipinski definition) is 8. The summed E-state index contributed by atoms with van der Waals surface area (Å²) in [4.78, 5) is 73.2. The van der Waals surface area contributed by atoms with Crippen molar-refractivity contribution < 1.29 is 33.4 Å². The number of esters is 2. The minimum atomic E-state index is -1.000. The maximum absolute atomic E-state index is 13.8. The van der Waals surface area contributed by atoms with Gasteiger partial charge in [-0.05, 0) is 88.7 Å². The largest absolute Gasteiger partial charge is 0.465 e. The van der Waals surface area contributed by atoms with E-state index >= 15 is 0 Å². The van der Waals surface area contributed by atoms with Gasteiger partial charge in [-0.2, -0.15) is 0 Å². The quantitative estimate of drug-likeness (QED) is 0.228. The molecule has 1 saturated carbocycles. The van der Waals surface area contributed by atoms with Gasteiger partial charge in [0, 0.05) is 43.1 Å². The van der Waals surface area contributed by atoms with Crippen molar-refractivity contribution in [3.63, 3.8) is 0 Å². The molecule has 0 spiro atoms. The summed E-state index contributed by atoms with van der Waals surface area (Å²) in [6.45, 7) is 9.98. The molecule has 4 rings (SSSR count). The van der Waals surface area contributed by atoms with E-state index in [0.717, 1.165) is 17.6 Å². The molecule has 2 unspecified atom stereocenters. The number of amides is 1. The van der Waals surface area contributed by atoms with Crippen molar-refractivity contribution in [2.75, 3.05) is 13.2 Å². The molecule has 2 fully saturated rings. The minimum absolute atomic E-state index is 0.0825. The Bertz CT molecular complexity index is 1310. The molecular formula is C37H50N2O7. The first-order chi connectivity index (χ1) is 22.0. The second-order valence-corrected chi connectivity index (χ2v) is 13.8. The van der Waals surface area contributed by atoms with Crippen LogP contribution in [-0.4, -0.2) is 64.6 Å². The zero-order valence-electron chi connectivity index (χ0n) is 27.7. The normalized spacial score (nSPS) is 32.0. The summed E-state index contributed by atoms with van der Waals surface area (Å²) < 4.78 is 11.8. The lowest BCUT2D eigenvalue weighted by Crippen LogP contribution is -2.53. The third-order valence-electron chi connectivity index (χ3n) is 10.1. The SMILES string of the molecule is C=CCC1/C=C(\C)CCOC(=O)[C@@H]2CC[C@@](C)(C2)C(=O)C(=O)N2CCCC[C@H]2C(=O)OC(CCc2cccnc2)[C@H](C)CCC1=O. The van der Waals surface area contributed by atoms with Crippen LogP contribution in [-0.2, 0) is 39.9 Å². The number of cyclic esters (lactones) is 2. The molecule has 0 N–H and O–H groups in total. The Hall–Kier alpha value is -3.62. The topological polar surface area (TPSA) is 120 Å². The van der Waals surface area contributed by atoms with E-state index in [1.165, 1.54) is 4.90 Å². The number of allylic oxidation sites excluding steroid dienone is 2. The van der Waals surface area contributed by atoms with Crippen LogP contribution in [0.4, 0.5) is 0 Å². The van der Waals surface area contributed by atoms with Gasteiger partial charge in [-0.1, -0.05) is 37.6 Å². The molecule has 1 aromatic rings. The van der Waals surface area contributed by atoms with E-state index in [2.05, 4.69) is 11.6 Å². The number of carbonyl (C=O) groups excluding carboxylic acids is 5. The number of ether oxygens (including phenoxy) is 2. The number of carbonyl (C=O) groups is 5. The number of fused-ring (bicyclic) bond motifs is 3. The highest BCUT2D eigenvalue weighted by Crippen LogP contribution is 2.43. The molecule has 2 aliphatic heterocycles. The monoisotopic (exact) mass is 634 g/mol. The number of piperidine rings is 1. The van der Waals surface area contributed by atoms with Gasteiger partial charge in [0.15, 0.2) is 0 Å². The molecule has 3 aliphatic rings. The van der Waals surface area contributed by atoms with Crippen molar-refractivity contribution in [1.82, 2.24) is 9.88 Å². The summed E-state index contributed by atoms with van der Waals surface area (Å²) in [5.74, 6) is -2.97. The molecule has 250 valence electrons. The van der Waals surface area contributed by atoms with Gasteiger partial charge >= 0.3 is 11.9 Å². The van der Waals surface area contributed by atoms with Gasteiger partial charge in [-0.25, -0.2) is 4.79 Å². The molecule has 6 atom stereocenters.